The van der Waals surface area contributed by atoms with Crippen LogP contribution >= 0.6 is 0 Å². The number of aliphatic hydroxyl groups excluding tert-OH is 1. The van der Waals surface area contributed by atoms with Crippen molar-refractivity contribution in [3.8, 4) is 0 Å². The molecule has 0 bridgehead atoms. The third kappa shape index (κ3) is 3.93. The van der Waals surface area contributed by atoms with Crippen molar-refractivity contribution >= 4 is 11.6 Å². The van der Waals surface area contributed by atoms with Gasteiger partial charge in [0.15, 0.2) is 0 Å². The van der Waals surface area contributed by atoms with Gasteiger partial charge in [0.1, 0.15) is 0 Å². The lowest BCUT2D eigenvalue weighted by atomic mass is 10.1. The number of carbonyl (C=O) groups is 1. The molecule has 1 heterocycles. The number of carbonyl (C=O) groups excluding carboxylic acids is 1. The van der Waals surface area contributed by atoms with Gasteiger partial charge in [-0.1, -0.05) is 6.07 Å². The molecule has 6 nitrogen and oxygen atoms in total. The summed E-state index contributed by atoms with van der Waals surface area (Å²) < 4.78 is 0. The molecule has 2 rings (SSSR count). The van der Waals surface area contributed by atoms with Crippen LogP contribution in [-0.2, 0) is 0 Å². The van der Waals surface area contributed by atoms with E-state index < -0.39 is 0 Å². The number of nitrogens with zero attached hydrogens (tertiary/aromatic N) is 2. The van der Waals surface area contributed by atoms with E-state index in [1.165, 1.54) is 0 Å². The Labute approximate surface area is 125 Å². The molecule has 0 aliphatic carbocycles. The lowest BCUT2D eigenvalue weighted by Gasteiger charge is -2.22. The normalized spacial score (nSPS) is 16.6. The smallest absolute Gasteiger partial charge is 0.256 e. The maximum atomic E-state index is 12.7. The number of rotatable bonds is 4. The number of benzene rings is 1. The number of hydrazine groups is 1. The molecule has 1 aliphatic heterocycles. The number of nitrogen functional groups attached to an aromatic ring is 1. The van der Waals surface area contributed by atoms with E-state index in [0.29, 0.717) is 24.3 Å². The van der Waals surface area contributed by atoms with Crippen LogP contribution in [0.15, 0.2) is 18.2 Å². The summed E-state index contributed by atoms with van der Waals surface area (Å²) in [6.45, 7) is 5.92. The number of hydrogen-bond acceptors (Lipinski definition) is 5. The number of β-amino-alcohol motifs (C(OH)–C–C–N with tert-alkyl or cyclic N) is 1. The predicted molar refractivity (Wildman–Crippen MR) is 83.0 cm³/mol. The predicted octanol–water partition coefficient (Wildman–Crippen LogP) is 0.421. The second-order valence-corrected chi connectivity index (χ2v) is 5.40. The quantitative estimate of drug-likeness (QED) is 0.553. The molecule has 0 atom stereocenters. The van der Waals surface area contributed by atoms with Gasteiger partial charge < -0.3 is 15.4 Å². The third-order valence-corrected chi connectivity index (χ3v) is 3.85. The fraction of sp³-hybridized carbons (Fsp3) is 0.533. The number of nitrogens with one attached hydrogen (secondary N) is 1. The minimum atomic E-state index is 0.00815. The molecule has 1 amide bonds. The molecular weight excluding hydrogens is 268 g/mol. The van der Waals surface area contributed by atoms with Crippen molar-refractivity contribution in [1.82, 2.24) is 9.80 Å². The molecule has 6 heteroatoms. The maximum Gasteiger partial charge on any atom is 0.256 e. The van der Waals surface area contributed by atoms with E-state index in [1.807, 2.05) is 30.0 Å². The number of hydrogen-bond donors (Lipinski definition) is 3. The Kier molecular flexibility index (Phi) is 5.55. The van der Waals surface area contributed by atoms with Crippen molar-refractivity contribution in [2.24, 2.45) is 5.84 Å². The van der Waals surface area contributed by atoms with Gasteiger partial charge in [-0.05, 0) is 37.6 Å². The molecule has 21 heavy (non-hydrogen) atoms. The van der Waals surface area contributed by atoms with E-state index in [9.17, 15) is 4.79 Å². The molecule has 0 unspecified atom stereocenters. The Bertz CT molecular complexity index is 493. The minimum Gasteiger partial charge on any atom is -0.395 e. The molecule has 4 N–H and O–H groups in total. The summed E-state index contributed by atoms with van der Waals surface area (Å²) in [5, 5.41) is 9.01. The number of aryl methyl sites for hydroxylation is 1. The van der Waals surface area contributed by atoms with E-state index in [2.05, 4.69) is 10.3 Å². The fourth-order valence-corrected chi connectivity index (χ4v) is 2.67. The van der Waals surface area contributed by atoms with Crippen LogP contribution in [0, 0.1) is 6.92 Å². The summed E-state index contributed by atoms with van der Waals surface area (Å²) in [6.07, 6.45) is 0.920. The molecule has 1 saturated heterocycles. The first-order valence-electron chi connectivity index (χ1n) is 7.35. The van der Waals surface area contributed by atoms with Gasteiger partial charge in [-0.3, -0.25) is 15.5 Å². The summed E-state index contributed by atoms with van der Waals surface area (Å²) in [5.41, 5.74) is 4.94. The Morgan fingerprint density at radius 2 is 2.14 bits per heavy atom. The Morgan fingerprint density at radius 3 is 2.86 bits per heavy atom. The van der Waals surface area contributed by atoms with Gasteiger partial charge in [0.25, 0.3) is 5.91 Å². The van der Waals surface area contributed by atoms with Gasteiger partial charge in [0.05, 0.1) is 17.9 Å². The standard InChI is InChI=1S/C15H24N4O2/c1-12-3-4-13(14(11-12)17-16)15(21)19-6-2-5-18(7-8-19)9-10-20/h3-4,11,17,20H,2,5-10,16H2,1H3. The molecule has 1 fully saturated rings. The van der Waals surface area contributed by atoms with Crippen LogP contribution in [-0.4, -0.2) is 60.1 Å². The monoisotopic (exact) mass is 292 g/mol. The largest absolute Gasteiger partial charge is 0.395 e. The van der Waals surface area contributed by atoms with Crippen molar-refractivity contribution in [2.45, 2.75) is 13.3 Å². The van der Waals surface area contributed by atoms with Crippen molar-refractivity contribution in [3.63, 3.8) is 0 Å². The Hall–Kier alpha value is -1.63. The zero-order valence-corrected chi connectivity index (χ0v) is 12.5. The van der Waals surface area contributed by atoms with E-state index in [0.717, 1.165) is 31.6 Å². The average molecular weight is 292 g/mol. The zero-order valence-electron chi connectivity index (χ0n) is 12.5. The van der Waals surface area contributed by atoms with Crippen LogP contribution in [0.25, 0.3) is 0 Å². The summed E-state index contributed by atoms with van der Waals surface area (Å²) in [7, 11) is 0. The van der Waals surface area contributed by atoms with Crippen molar-refractivity contribution < 1.29 is 9.90 Å². The summed E-state index contributed by atoms with van der Waals surface area (Å²) in [4.78, 5) is 16.7. The second kappa shape index (κ2) is 7.40. The third-order valence-electron chi connectivity index (χ3n) is 3.85. The highest BCUT2D eigenvalue weighted by atomic mass is 16.3. The molecule has 116 valence electrons. The van der Waals surface area contributed by atoms with Gasteiger partial charge >= 0.3 is 0 Å². The van der Waals surface area contributed by atoms with Gasteiger partial charge in [-0.25, -0.2) is 0 Å². The van der Waals surface area contributed by atoms with Gasteiger partial charge in [-0.2, -0.15) is 0 Å². The van der Waals surface area contributed by atoms with E-state index in [1.54, 1.807) is 0 Å². The average Bonchev–Trinajstić information content (AvgIpc) is 2.72. The van der Waals surface area contributed by atoms with E-state index in [4.69, 9.17) is 10.9 Å². The minimum absolute atomic E-state index is 0.00815. The number of nitrogens with two attached hydrogens (primary N) is 1. The zero-order chi connectivity index (χ0) is 15.2. The molecular formula is C15H24N4O2. The Morgan fingerprint density at radius 1 is 1.33 bits per heavy atom. The van der Waals surface area contributed by atoms with Crippen LogP contribution in [0.5, 0.6) is 0 Å². The molecule has 0 aromatic heterocycles. The van der Waals surface area contributed by atoms with Gasteiger partial charge in [0, 0.05) is 26.2 Å². The summed E-state index contributed by atoms with van der Waals surface area (Å²) >= 11 is 0. The van der Waals surface area contributed by atoms with Crippen molar-refractivity contribution in [2.75, 3.05) is 44.8 Å². The molecule has 0 saturated carbocycles. The van der Waals surface area contributed by atoms with Crippen molar-refractivity contribution in [3.05, 3.63) is 29.3 Å². The molecule has 0 radical (unpaired) electrons. The van der Waals surface area contributed by atoms with Crippen LogP contribution in [0.2, 0.25) is 0 Å². The fourth-order valence-electron chi connectivity index (χ4n) is 2.67. The Balaban J connectivity index is 2.09. The summed E-state index contributed by atoms with van der Waals surface area (Å²) in [6, 6.07) is 5.62. The van der Waals surface area contributed by atoms with Crippen LogP contribution in [0.4, 0.5) is 5.69 Å². The maximum absolute atomic E-state index is 12.7. The molecule has 0 spiro atoms. The summed E-state index contributed by atoms with van der Waals surface area (Å²) in [5.74, 6) is 5.53. The van der Waals surface area contributed by atoms with Crippen molar-refractivity contribution in [1.29, 1.82) is 0 Å². The van der Waals surface area contributed by atoms with Crippen LogP contribution < -0.4 is 11.3 Å². The molecule has 1 aliphatic rings. The first kappa shape index (κ1) is 15.8. The van der Waals surface area contributed by atoms with E-state index >= 15 is 0 Å². The van der Waals surface area contributed by atoms with Crippen LogP contribution in [0.1, 0.15) is 22.3 Å². The molecule has 1 aromatic rings. The molecule has 1 aromatic carbocycles. The second-order valence-electron chi connectivity index (χ2n) is 5.40. The first-order chi connectivity index (χ1) is 10.2. The highest BCUT2D eigenvalue weighted by Gasteiger charge is 2.21. The van der Waals surface area contributed by atoms with Gasteiger partial charge in [-0.15, -0.1) is 0 Å². The topological polar surface area (TPSA) is 81.8 Å². The number of aliphatic hydroxyl groups is 1. The lowest BCUT2D eigenvalue weighted by Crippen LogP contribution is -2.36. The lowest BCUT2D eigenvalue weighted by molar-refractivity contribution is 0.0761. The van der Waals surface area contributed by atoms with Gasteiger partial charge in [0.2, 0.25) is 0 Å². The highest BCUT2D eigenvalue weighted by molar-refractivity contribution is 5.99. The number of amides is 1. The van der Waals surface area contributed by atoms with Crippen LogP contribution in [0.3, 0.4) is 0 Å². The number of anilines is 1. The first-order valence-corrected chi connectivity index (χ1v) is 7.35. The van der Waals surface area contributed by atoms with E-state index in [-0.39, 0.29) is 12.5 Å². The SMILES string of the molecule is Cc1ccc(C(=O)N2CCCN(CCO)CC2)c(NN)c1. The highest BCUT2D eigenvalue weighted by Crippen LogP contribution is 2.19.